The van der Waals surface area contributed by atoms with E-state index in [2.05, 4.69) is 10.2 Å². The lowest BCUT2D eigenvalue weighted by Gasteiger charge is -2.38. The van der Waals surface area contributed by atoms with Gasteiger partial charge in [0.25, 0.3) is 0 Å². The quantitative estimate of drug-likeness (QED) is 0.762. The van der Waals surface area contributed by atoms with Crippen molar-refractivity contribution < 1.29 is 19.1 Å². The lowest BCUT2D eigenvalue weighted by Crippen LogP contribution is -2.50. The molecule has 172 valence electrons. The van der Waals surface area contributed by atoms with Gasteiger partial charge in [-0.15, -0.1) is 0 Å². The molecule has 1 aliphatic carbocycles. The lowest BCUT2D eigenvalue weighted by molar-refractivity contribution is 0.0470. The molecule has 2 atom stereocenters. The summed E-state index contributed by atoms with van der Waals surface area (Å²) in [7, 11) is 0. The first-order chi connectivity index (χ1) is 14.8. The highest BCUT2D eigenvalue weighted by molar-refractivity contribution is 5.68. The number of rotatable bonds is 5. The predicted octanol–water partition coefficient (Wildman–Crippen LogP) is 4.02. The van der Waals surface area contributed by atoms with Gasteiger partial charge in [-0.2, -0.15) is 0 Å². The second kappa shape index (κ2) is 10.8. The summed E-state index contributed by atoms with van der Waals surface area (Å²) in [5.41, 5.74) is 0.529. The molecule has 0 spiro atoms. The molecule has 1 N–H and O–H groups in total. The third kappa shape index (κ3) is 8.05. The van der Waals surface area contributed by atoms with Crippen molar-refractivity contribution in [3.8, 4) is 0 Å². The fraction of sp³-hybridized carbons (Fsp3) is 0.667. The highest BCUT2D eigenvalue weighted by atomic mass is 16.6. The van der Waals surface area contributed by atoms with E-state index in [4.69, 9.17) is 9.47 Å². The van der Waals surface area contributed by atoms with Gasteiger partial charge in [0.2, 0.25) is 0 Å². The van der Waals surface area contributed by atoms with Gasteiger partial charge in [0, 0.05) is 38.8 Å². The van der Waals surface area contributed by atoms with E-state index in [0.717, 1.165) is 44.5 Å². The van der Waals surface area contributed by atoms with Gasteiger partial charge in [-0.3, -0.25) is 4.90 Å². The Morgan fingerprint density at radius 1 is 1.06 bits per heavy atom. The smallest absolute Gasteiger partial charge is 0.410 e. The van der Waals surface area contributed by atoms with Crippen molar-refractivity contribution in [1.82, 2.24) is 15.1 Å². The largest absolute Gasteiger partial charge is 0.445 e. The summed E-state index contributed by atoms with van der Waals surface area (Å²) < 4.78 is 10.9. The number of amides is 2. The second-order valence-electron chi connectivity index (χ2n) is 9.70. The molecule has 1 saturated heterocycles. The molecule has 0 bridgehead atoms. The van der Waals surface area contributed by atoms with E-state index < -0.39 is 5.60 Å². The van der Waals surface area contributed by atoms with Crippen molar-refractivity contribution in [2.45, 2.75) is 64.7 Å². The monoisotopic (exact) mass is 431 g/mol. The van der Waals surface area contributed by atoms with Crippen LogP contribution in [0.5, 0.6) is 0 Å². The maximum absolute atomic E-state index is 12.3. The van der Waals surface area contributed by atoms with E-state index in [1.54, 1.807) is 4.90 Å². The van der Waals surface area contributed by atoms with Crippen LogP contribution in [-0.4, -0.2) is 66.4 Å². The number of hydrogen-bond donors (Lipinski definition) is 1. The molecule has 2 amide bonds. The Hall–Kier alpha value is -2.28. The van der Waals surface area contributed by atoms with Gasteiger partial charge in [0.15, 0.2) is 0 Å². The zero-order valence-corrected chi connectivity index (χ0v) is 19.1. The maximum Gasteiger partial charge on any atom is 0.410 e. The normalized spacial score (nSPS) is 22.6. The summed E-state index contributed by atoms with van der Waals surface area (Å²) in [5.74, 6) is 0.560. The molecular weight excluding hydrogens is 394 g/mol. The fourth-order valence-corrected chi connectivity index (χ4v) is 4.35. The summed E-state index contributed by atoms with van der Waals surface area (Å²) >= 11 is 0. The number of alkyl carbamates (subject to hydrolysis) is 1. The van der Waals surface area contributed by atoms with Crippen molar-refractivity contribution >= 4 is 12.2 Å². The molecule has 1 aliphatic heterocycles. The van der Waals surface area contributed by atoms with E-state index in [9.17, 15) is 9.59 Å². The second-order valence-corrected chi connectivity index (χ2v) is 9.70. The Bertz CT molecular complexity index is 711. The van der Waals surface area contributed by atoms with Crippen molar-refractivity contribution in [3.63, 3.8) is 0 Å². The minimum atomic E-state index is -0.472. The Balaban J connectivity index is 1.36. The number of piperazine rings is 1. The van der Waals surface area contributed by atoms with Gasteiger partial charge in [0.05, 0.1) is 0 Å². The van der Waals surface area contributed by atoms with Crippen LogP contribution in [0.3, 0.4) is 0 Å². The first-order valence-electron chi connectivity index (χ1n) is 11.5. The molecule has 2 aliphatic rings. The van der Waals surface area contributed by atoms with Crippen LogP contribution >= 0.6 is 0 Å². The minimum Gasteiger partial charge on any atom is -0.445 e. The average Bonchev–Trinajstić information content (AvgIpc) is 2.72. The van der Waals surface area contributed by atoms with Crippen LogP contribution in [0.15, 0.2) is 30.3 Å². The molecule has 3 rings (SSSR count). The topological polar surface area (TPSA) is 71.1 Å². The zero-order chi connectivity index (χ0) is 22.3. The van der Waals surface area contributed by atoms with Crippen LogP contribution in [0.2, 0.25) is 0 Å². The fourth-order valence-electron chi connectivity index (χ4n) is 4.35. The Morgan fingerprint density at radius 2 is 1.77 bits per heavy atom. The van der Waals surface area contributed by atoms with Gasteiger partial charge >= 0.3 is 12.2 Å². The highest BCUT2D eigenvalue weighted by Gasteiger charge is 2.28. The van der Waals surface area contributed by atoms with Gasteiger partial charge < -0.3 is 19.7 Å². The summed E-state index contributed by atoms with van der Waals surface area (Å²) in [6.45, 7) is 10.1. The molecule has 1 aromatic carbocycles. The molecule has 31 heavy (non-hydrogen) atoms. The van der Waals surface area contributed by atoms with E-state index in [1.807, 2.05) is 51.1 Å². The average molecular weight is 432 g/mol. The molecular formula is C24H37N3O4. The third-order valence-corrected chi connectivity index (χ3v) is 5.86. The van der Waals surface area contributed by atoms with Gasteiger partial charge in [-0.25, -0.2) is 9.59 Å². The number of ether oxygens (including phenoxy) is 2. The van der Waals surface area contributed by atoms with E-state index >= 15 is 0 Å². The molecule has 1 saturated carbocycles. The Kier molecular flexibility index (Phi) is 8.18. The standard InChI is InChI=1S/C24H37N3O4/c1-24(2,3)31-22(28)25-21-11-7-10-20(16-21)17-26-12-14-27(15-13-26)23(29)30-18-19-8-5-4-6-9-19/h4-6,8-9,20-21H,7,10-18H2,1-3H3,(H,25,28)/t20-,21+/m1/s1. The third-order valence-electron chi connectivity index (χ3n) is 5.86. The van der Waals surface area contributed by atoms with Gasteiger partial charge in [0.1, 0.15) is 12.2 Å². The predicted molar refractivity (Wildman–Crippen MR) is 120 cm³/mol. The number of benzene rings is 1. The van der Waals surface area contributed by atoms with Crippen LogP contribution in [0, 0.1) is 5.92 Å². The molecule has 0 aromatic heterocycles. The van der Waals surface area contributed by atoms with Crippen molar-refractivity contribution in [2.75, 3.05) is 32.7 Å². The van der Waals surface area contributed by atoms with Crippen LogP contribution in [0.4, 0.5) is 9.59 Å². The SMILES string of the molecule is CC(C)(C)OC(=O)N[C@H]1CCC[C@@H](CN2CCN(C(=O)OCc3ccccc3)CC2)C1. The van der Waals surface area contributed by atoms with E-state index in [1.165, 1.54) is 6.42 Å². The van der Waals surface area contributed by atoms with E-state index in [0.29, 0.717) is 25.6 Å². The van der Waals surface area contributed by atoms with Crippen LogP contribution < -0.4 is 5.32 Å². The highest BCUT2D eigenvalue weighted by Crippen LogP contribution is 2.26. The molecule has 7 nitrogen and oxygen atoms in total. The van der Waals surface area contributed by atoms with E-state index in [-0.39, 0.29) is 18.2 Å². The number of carbonyl (C=O) groups excluding carboxylic acids is 2. The first-order valence-corrected chi connectivity index (χ1v) is 11.5. The summed E-state index contributed by atoms with van der Waals surface area (Å²) in [6, 6.07) is 9.94. The Morgan fingerprint density at radius 3 is 2.45 bits per heavy atom. The summed E-state index contributed by atoms with van der Waals surface area (Å²) in [5, 5.41) is 3.04. The molecule has 1 heterocycles. The Labute approximate surface area is 186 Å². The number of nitrogens with zero attached hydrogens (tertiary/aromatic N) is 2. The van der Waals surface area contributed by atoms with Crippen molar-refractivity contribution in [1.29, 1.82) is 0 Å². The van der Waals surface area contributed by atoms with Crippen molar-refractivity contribution in [2.24, 2.45) is 5.92 Å². The first kappa shape index (κ1) is 23.4. The summed E-state index contributed by atoms with van der Waals surface area (Å²) in [4.78, 5) is 28.7. The number of carbonyl (C=O) groups is 2. The maximum atomic E-state index is 12.3. The zero-order valence-electron chi connectivity index (χ0n) is 19.1. The molecule has 2 fully saturated rings. The summed E-state index contributed by atoms with van der Waals surface area (Å²) in [6.07, 6.45) is 3.75. The molecule has 0 unspecified atom stereocenters. The molecule has 0 radical (unpaired) electrons. The van der Waals surface area contributed by atoms with Crippen LogP contribution in [-0.2, 0) is 16.1 Å². The minimum absolute atomic E-state index is 0.183. The molecule has 1 aromatic rings. The van der Waals surface area contributed by atoms with Gasteiger partial charge in [-0.05, 0) is 51.5 Å². The lowest BCUT2D eigenvalue weighted by atomic mass is 9.85. The van der Waals surface area contributed by atoms with Crippen molar-refractivity contribution in [3.05, 3.63) is 35.9 Å². The molecule has 7 heteroatoms. The van der Waals surface area contributed by atoms with Crippen LogP contribution in [0.25, 0.3) is 0 Å². The number of nitrogens with one attached hydrogen (secondary N) is 1. The number of hydrogen-bond acceptors (Lipinski definition) is 5. The van der Waals surface area contributed by atoms with Gasteiger partial charge in [-0.1, -0.05) is 36.8 Å². The van der Waals surface area contributed by atoms with Crippen LogP contribution in [0.1, 0.15) is 52.0 Å².